The van der Waals surface area contributed by atoms with E-state index in [1.54, 1.807) is 27.9 Å². The Kier molecular flexibility index (Phi) is 15.5. The molecule has 1 amide bonds. The topological polar surface area (TPSA) is 122 Å². The van der Waals surface area contributed by atoms with E-state index in [2.05, 4.69) is 28.4 Å². The first kappa shape index (κ1) is 44.5. The molecule has 13 heteroatoms. The monoisotopic (exact) mass is 852 g/mol. The number of nitrogens with one attached hydrogen (secondary N) is 1. The van der Waals surface area contributed by atoms with E-state index in [1.807, 2.05) is 43.3 Å². The number of halogens is 2. The van der Waals surface area contributed by atoms with Crippen LogP contribution in [0.4, 0.5) is 0 Å². The summed E-state index contributed by atoms with van der Waals surface area (Å²) in [6.07, 6.45) is 5.13. The van der Waals surface area contributed by atoms with E-state index in [0.29, 0.717) is 66.6 Å². The van der Waals surface area contributed by atoms with Gasteiger partial charge in [0.15, 0.2) is 5.75 Å². The van der Waals surface area contributed by atoms with Crippen LogP contribution in [0.5, 0.6) is 17.2 Å². The molecule has 1 N–H and O–H groups in total. The third-order valence-corrected chi connectivity index (χ3v) is 11.6. The summed E-state index contributed by atoms with van der Waals surface area (Å²) in [6, 6.07) is 18.1. The van der Waals surface area contributed by atoms with Crippen LogP contribution in [-0.2, 0) is 41.6 Å². The number of methoxy groups -OCH3 is 1. The van der Waals surface area contributed by atoms with Crippen LogP contribution < -0.4 is 19.5 Å². The number of ether oxygens (including phenoxy) is 6. The molecule has 6 rings (SSSR count). The molecule has 0 spiro atoms. The summed E-state index contributed by atoms with van der Waals surface area (Å²) in [5, 5.41) is 4.42. The quantitative estimate of drug-likeness (QED) is 0.0675. The number of esters is 2. The van der Waals surface area contributed by atoms with Crippen molar-refractivity contribution < 1.29 is 42.8 Å². The molecular weight excluding hydrogens is 795 g/mol. The van der Waals surface area contributed by atoms with Crippen molar-refractivity contribution in [1.29, 1.82) is 0 Å². The molecule has 1 heterocycles. The van der Waals surface area contributed by atoms with Crippen LogP contribution >= 0.6 is 23.2 Å². The zero-order chi connectivity index (χ0) is 42.1. The average Bonchev–Trinajstić information content (AvgIpc) is 4.14. The van der Waals surface area contributed by atoms with E-state index in [-0.39, 0.29) is 55.0 Å². The Morgan fingerprint density at radius 3 is 2.24 bits per heavy atom. The molecule has 3 aliphatic rings. The number of carbonyl (C=O) groups is 3. The summed E-state index contributed by atoms with van der Waals surface area (Å²) < 4.78 is 33.7. The molecule has 1 aliphatic heterocycles. The minimum Gasteiger partial charge on any atom is -0.493 e. The molecule has 3 aromatic rings. The van der Waals surface area contributed by atoms with Crippen LogP contribution in [0.25, 0.3) is 0 Å². The van der Waals surface area contributed by atoms with Gasteiger partial charge in [-0.1, -0.05) is 41.4 Å². The van der Waals surface area contributed by atoms with Gasteiger partial charge in [0.25, 0.3) is 0 Å². The van der Waals surface area contributed by atoms with Gasteiger partial charge in [-0.25, -0.2) is 0 Å². The fourth-order valence-electron chi connectivity index (χ4n) is 7.50. The largest absolute Gasteiger partial charge is 0.493 e. The van der Waals surface area contributed by atoms with Crippen LogP contribution in [-0.4, -0.2) is 82.2 Å². The van der Waals surface area contributed by atoms with Crippen LogP contribution in [0, 0.1) is 30.1 Å². The van der Waals surface area contributed by atoms with Gasteiger partial charge in [0.1, 0.15) is 24.7 Å². The highest BCUT2D eigenvalue weighted by molar-refractivity contribution is 6.37. The summed E-state index contributed by atoms with van der Waals surface area (Å²) in [5.74, 6) is 0.811. The van der Waals surface area contributed by atoms with Gasteiger partial charge in [-0.15, -0.1) is 0 Å². The number of carbonyl (C=O) groups excluding carboxylic acids is 3. The number of hydrogen-bond acceptors (Lipinski definition) is 10. The number of rotatable bonds is 20. The van der Waals surface area contributed by atoms with E-state index < -0.39 is 11.4 Å². The van der Waals surface area contributed by atoms with Gasteiger partial charge in [0, 0.05) is 38.8 Å². The van der Waals surface area contributed by atoms with Gasteiger partial charge in [-0.2, -0.15) is 0 Å². The summed E-state index contributed by atoms with van der Waals surface area (Å²) in [6.45, 7) is 10.3. The van der Waals surface area contributed by atoms with Crippen molar-refractivity contribution in [1.82, 2.24) is 10.2 Å². The van der Waals surface area contributed by atoms with Gasteiger partial charge >= 0.3 is 11.9 Å². The average molecular weight is 854 g/mol. The standard InChI is InChI=1S/C46H58Cl2N2O9/c1-29-19-40(47)42(41(48)20-29)56-18-17-55-35-12-8-32(9-13-35)37-14-15-49-25-39(37)43(51)50(34-10-11-34)26-31-21-30(7-6-16-54-5)22-36(23-31)57-27-33-24-38(33)44(52)58-28-59-45(53)46(2,3)4/h8-9,12-13,19-23,33-34,37-39,49H,6-7,10-11,14-18,24-28H2,1-5H3/t33-,37+,38+,39-/m0/s1. The highest BCUT2D eigenvalue weighted by atomic mass is 35.5. The van der Waals surface area contributed by atoms with Crippen molar-refractivity contribution in [3.05, 3.63) is 86.9 Å². The maximum absolute atomic E-state index is 14.6. The lowest BCUT2D eigenvalue weighted by Gasteiger charge is -2.36. The Balaban J connectivity index is 1.06. The first-order chi connectivity index (χ1) is 28.3. The fourth-order valence-corrected chi connectivity index (χ4v) is 8.20. The lowest BCUT2D eigenvalue weighted by Crippen LogP contribution is -2.47. The molecule has 1 saturated heterocycles. The molecule has 11 nitrogen and oxygen atoms in total. The van der Waals surface area contributed by atoms with Crippen LogP contribution in [0.1, 0.15) is 81.0 Å². The first-order valence-electron chi connectivity index (χ1n) is 20.7. The number of nitrogens with zero attached hydrogens (tertiary/aromatic N) is 1. The first-order valence-corrected chi connectivity index (χ1v) is 21.5. The van der Waals surface area contributed by atoms with Crippen molar-refractivity contribution in [2.45, 2.75) is 84.7 Å². The second kappa shape index (κ2) is 20.5. The zero-order valence-electron chi connectivity index (χ0n) is 34.9. The predicted octanol–water partition coefficient (Wildman–Crippen LogP) is 8.33. The molecule has 0 aromatic heterocycles. The normalized spacial score (nSPS) is 20.1. The molecule has 3 fully saturated rings. The number of amides is 1. The second-order valence-corrected chi connectivity index (χ2v) is 17.8. The maximum atomic E-state index is 14.6. The third kappa shape index (κ3) is 12.7. The Bertz CT molecular complexity index is 1890. The smallest absolute Gasteiger partial charge is 0.314 e. The molecular formula is C46H58Cl2N2O9. The minimum atomic E-state index is -0.672. The zero-order valence-corrected chi connectivity index (χ0v) is 36.4. The molecule has 59 heavy (non-hydrogen) atoms. The Labute approximate surface area is 358 Å². The van der Waals surface area contributed by atoms with E-state index >= 15 is 0 Å². The van der Waals surface area contributed by atoms with E-state index in [1.165, 1.54) is 0 Å². The summed E-state index contributed by atoms with van der Waals surface area (Å²) >= 11 is 12.6. The van der Waals surface area contributed by atoms with Gasteiger partial charge in [-0.05, 0) is 137 Å². The van der Waals surface area contributed by atoms with Crippen LogP contribution in [0.15, 0.2) is 54.6 Å². The molecule has 4 atom stereocenters. The fraction of sp³-hybridized carbons (Fsp3) is 0.543. The lowest BCUT2D eigenvalue weighted by atomic mass is 9.80. The maximum Gasteiger partial charge on any atom is 0.314 e. The predicted molar refractivity (Wildman–Crippen MR) is 226 cm³/mol. The van der Waals surface area contributed by atoms with Crippen molar-refractivity contribution in [2.75, 3.05) is 53.4 Å². The van der Waals surface area contributed by atoms with E-state index in [9.17, 15) is 14.4 Å². The summed E-state index contributed by atoms with van der Waals surface area (Å²) in [5.41, 5.74) is 3.53. The van der Waals surface area contributed by atoms with Crippen molar-refractivity contribution >= 4 is 41.0 Å². The van der Waals surface area contributed by atoms with Gasteiger partial charge in [0.05, 0.1) is 33.9 Å². The highest BCUT2D eigenvalue weighted by Gasteiger charge is 2.45. The van der Waals surface area contributed by atoms with Crippen molar-refractivity contribution in [2.24, 2.45) is 23.2 Å². The third-order valence-electron chi connectivity index (χ3n) is 11.0. The van der Waals surface area contributed by atoms with E-state index in [0.717, 1.165) is 60.9 Å². The summed E-state index contributed by atoms with van der Waals surface area (Å²) in [7, 11) is 1.70. The minimum absolute atomic E-state index is 0.0136. The van der Waals surface area contributed by atoms with E-state index in [4.69, 9.17) is 51.6 Å². The molecule has 0 radical (unpaired) electrons. The van der Waals surface area contributed by atoms with Gasteiger partial charge in [-0.3, -0.25) is 14.4 Å². The summed E-state index contributed by atoms with van der Waals surface area (Å²) in [4.78, 5) is 41.3. The Morgan fingerprint density at radius 1 is 0.831 bits per heavy atom. The SMILES string of the molecule is COCCCc1cc(CN(C(=O)[C@H]2CNCC[C@@H]2c2ccc(OCCOc3c(Cl)cc(C)cc3Cl)cc2)C2CC2)cc(OC[C@@H]2C[C@H]2C(=O)OCOC(=O)C(C)(C)C)c1. The second-order valence-electron chi connectivity index (χ2n) is 17.0. The van der Waals surface area contributed by atoms with Crippen LogP contribution in [0.3, 0.4) is 0 Å². The van der Waals surface area contributed by atoms with Crippen LogP contribution in [0.2, 0.25) is 10.0 Å². The lowest BCUT2D eigenvalue weighted by molar-refractivity contribution is -0.174. The van der Waals surface area contributed by atoms with Gasteiger partial charge < -0.3 is 38.6 Å². The number of aryl methyl sites for hydroxylation is 2. The molecule has 320 valence electrons. The highest BCUT2D eigenvalue weighted by Crippen LogP contribution is 2.41. The molecule has 0 bridgehead atoms. The van der Waals surface area contributed by atoms with Crippen molar-refractivity contribution in [3.63, 3.8) is 0 Å². The molecule has 2 saturated carbocycles. The number of piperidine rings is 1. The Hall–Kier alpha value is -4.03. The molecule has 0 unspecified atom stereocenters. The number of benzene rings is 3. The molecule has 3 aromatic carbocycles. The molecule has 2 aliphatic carbocycles. The van der Waals surface area contributed by atoms with Crippen molar-refractivity contribution in [3.8, 4) is 17.2 Å². The van der Waals surface area contributed by atoms with Gasteiger partial charge in [0.2, 0.25) is 12.7 Å². The Morgan fingerprint density at radius 2 is 1.54 bits per heavy atom. The number of hydrogen-bond donors (Lipinski definition) is 1.